The zero-order valence-corrected chi connectivity index (χ0v) is 15.2. The molecule has 2 rings (SSSR count). The maximum Gasteiger partial charge on any atom is 0.231 e. The molecule has 0 radical (unpaired) electrons. The van der Waals surface area contributed by atoms with Crippen LogP contribution in [0.4, 0.5) is 5.69 Å². The van der Waals surface area contributed by atoms with Crippen molar-refractivity contribution in [3.63, 3.8) is 0 Å². The summed E-state index contributed by atoms with van der Waals surface area (Å²) in [7, 11) is 1.66. The molecule has 1 amide bonds. The van der Waals surface area contributed by atoms with Crippen LogP contribution in [0.3, 0.4) is 0 Å². The molecule has 0 aromatic heterocycles. The fraction of sp³-hybridized carbons (Fsp3) is 0.562. The van der Waals surface area contributed by atoms with Crippen LogP contribution in [0.1, 0.15) is 39.5 Å². The molecule has 5 heteroatoms. The second kappa shape index (κ2) is 7.05. The fourth-order valence-corrected chi connectivity index (χ4v) is 4.46. The number of ether oxygens (including phenoxy) is 1. The van der Waals surface area contributed by atoms with E-state index in [2.05, 4.69) is 35.1 Å². The monoisotopic (exact) mass is 371 g/mol. The average Bonchev–Trinajstić information content (AvgIpc) is 2.61. The Morgan fingerprint density at radius 1 is 1.43 bits per heavy atom. The standard InChI is InChI=1S/C16H22BrNO2S/c1-4-6-7-16(5-2)10-21-14-9-13(20-3)11(17)8-12(14)18-15(16)19/h8-9H,4-7,10H2,1-3H3,(H,18,19). The minimum atomic E-state index is -0.264. The number of carbonyl (C=O) groups excluding carboxylic acids is 1. The number of amides is 1. The van der Waals surface area contributed by atoms with Gasteiger partial charge in [0.1, 0.15) is 5.75 Å². The van der Waals surface area contributed by atoms with E-state index in [4.69, 9.17) is 4.74 Å². The lowest BCUT2D eigenvalue weighted by Gasteiger charge is -2.28. The maximum absolute atomic E-state index is 12.7. The van der Waals surface area contributed by atoms with Crippen LogP contribution in [-0.2, 0) is 4.79 Å². The van der Waals surface area contributed by atoms with Crippen LogP contribution >= 0.6 is 27.7 Å². The van der Waals surface area contributed by atoms with Gasteiger partial charge < -0.3 is 10.1 Å². The van der Waals surface area contributed by atoms with E-state index in [0.717, 1.165) is 52.2 Å². The maximum atomic E-state index is 12.7. The Labute approximate surface area is 139 Å². The highest BCUT2D eigenvalue weighted by molar-refractivity contribution is 9.10. The van der Waals surface area contributed by atoms with E-state index in [1.807, 2.05) is 12.1 Å². The number of benzene rings is 1. The normalized spacial score (nSPS) is 21.4. The molecule has 116 valence electrons. The van der Waals surface area contributed by atoms with Gasteiger partial charge in [-0.2, -0.15) is 0 Å². The number of hydrogen-bond donors (Lipinski definition) is 1. The molecule has 21 heavy (non-hydrogen) atoms. The van der Waals surface area contributed by atoms with Crippen molar-refractivity contribution in [2.24, 2.45) is 5.41 Å². The van der Waals surface area contributed by atoms with Crippen molar-refractivity contribution in [3.05, 3.63) is 16.6 Å². The van der Waals surface area contributed by atoms with Crippen LogP contribution in [0.5, 0.6) is 5.75 Å². The molecule has 1 unspecified atom stereocenters. The SMILES string of the molecule is CCCCC1(CC)CSc2cc(OC)c(Br)cc2NC1=O. The first-order chi connectivity index (χ1) is 10.1. The second-order valence-electron chi connectivity index (χ2n) is 5.46. The summed E-state index contributed by atoms with van der Waals surface area (Å²) < 4.78 is 6.21. The average molecular weight is 372 g/mol. The fourth-order valence-electron chi connectivity index (χ4n) is 2.58. The summed E-state index contributed by atoms with van der Waals surface area (Å²) in [4.78, 5) is 13.8. The number of nitrogens with one attached hydrogen (secondary N) is 1. The van der Waals surface area contributed by atoms with Crippen molar-refractivity contribution in [2.75, 3.05) is 18.2 Å². The van der Waals surface area contributed by atoms with E-state index < -0.39 is 0 Å². The topological polar surface area (TPSA) is 38.3 Å². The molecule has 3 nitrogen and oxygen atoms in total. The smallest absolute Gasteiger partial charge is 0.231 e. The molecule has 0 bridgehead atoms. The molecule has 0 saturated carbocycles. The van der Waals surface area contributed by atoms with Gasteiger partial charge in [0.15, 0.2) is 0 Å². The molecule has 0 aliphatic carbocycles. The first-order valence-corrected chi connectivity index (χ1v) is 9.16. The van der Waals surface area contributed by atoms with Crippen molar-refractivity contribution >= 4 is 39.3 Å². The van der Waals surface area contributed by atoms with E-state index in [9.17, 15) is 4.79 Å². The highest BCUT2D eigenvalue weighted by atomic mass is 79.9. The van der Waals surface area contributed by atoms with Crippen molar-refractivity contribution in [3.8, 4) is 5.75 Å². The Balaban J connectivity index is 2.32. The molecule has 1 aliphatic heterocycles. The molecule has 1 heterocycles. The van der Waals surface area contributed by atoms with Crippen molar-refractivity contribution in [1.82, 2.24) is 0 Å². The van der Waals surface area contributed by atoms with Gasteiger partial charge in [-0.1, -0.05) is 26.7 Å². The molecule has 1 aromatic rings. The highest BCUT2D eigenvalue weighted by Gasteiger charge is 2.38. The number of rotatable bonds is 5. The van der Waals surface area contributed by atoms with Crippen LogP contribution in [0, 0.1) is 5.41 Å². The van der Waals surface area contributed by atoms with Gasteiger partial charge in [0.2, 0.25) is 5.91 Å². The Hall–Kier alpha value is -0.680. The minimum absolute atomic E-state index is 0.154. The zero-order valence-electron chi connectivity index (χ0n) is 12.8. The minimum Gasteiger partial charge on any atom is -0.496 e. The third-order valence-electron chi connectivity index (χ3n) is 4.17. The van der Waals surface area contributed by atoms with Crippen LogP contribution in [0.2, 0.25) is 0 Å². The molecule has 1 N–H and O–H groups in total. The summed E-state index contributed by atoms with van der Waals surface area (Å²) in [6.45, 7) is 4.28. The van der Waals surface area contributed by atoms with Gasteiger partial charge in [0.05, 0.1) is 22.7 Å². The van der Waals surface area contributed by atoms with Crippen LogP contribution in [0.25, 0.3) is 0 Å². The molecule has 1 atom stereocenters. The van der Waals surface area contributed by atoms with Gasteiger partial charge in [-0.05, 0) is 40.9 Å². The molecule has 0 saturated heterocycles. The van der Waals surface area contributed by atoms with Gasteiger partial charge in [0.25, 0.3) is 0 Å². The van der Waals surface area contributed by atoms with Gasteiger partial charge in [-0.25, -0.2) is 0 Å². The van der Waals surface area contributed by atoms with E-state index >= 15 is 0 Å². The summed E-state index contributed by atoms with van der Waals surface area (Å²) in [6.07, 6.45) is 4.03. The van der Waals surface area contributed by atoms with Crippen molar-refractivity contribution in [2.45, 2.75) is 44.4 Å². The van der Waals surface area contributed by atoms with Gasteiger partial charge in [-0.15, -0.1) is 11.8 Å². The predicted octanol–water partition coefficient (Wildman–Crippen LogP) is 5.09. The molecular formula is C16H22BrNO2S. The predicted molar refractivity (Wildman–Crippen MR) is 92.3 cm³/mol. The quantitative estimate of drug-likeness (QED) is 0.783. The highest BCUT2D eigenvalue weighted by Crippen LogP contribution is 2.45. The second-order valence-corrected chi connectivity index (χ2v) is 7.33. The Kier molecular flexibility index (Phi) is 5.60. The first-order valence-electron chi connectivity index (χ1n) is 7.38. The zero-order chi connectivity index (χ0) is 15.5. The summed E-state index contributed by atoms with van der Waals surface area (Å²) in [5, 5.41) is 3.12. The summed E-state index contributed by atoms with van der Waals surface area (Å²) in [5.74, 6) is 1.78. The van der Waals surface area contributed by atoms with Crippen LogP contribution in [0.15, 0.2) is 21.5 Å². The molecule has 0 fully saturated rings. The lowest BCUT2D eigenvalue weighted by molar-refractivity contribution is -0.125. The summed E-state index contributed by atoms with van der Waals surface area (Å²) in [5.41, 5.74) is 0.615. The number of unbranched alkanes of at least 4 members (excludes halogenated alkanes) is 1. The number of anilines is 1. The number of hydrogen-bond acceptors (Lipinski definition) is 3. The van der Waals surface area contributed by atoms with Gasteiger partial charge in [0, 0.05) is 10.6 Å². The first kappa shape index (κ1) is 16.7. The van der Waals surface area contributed by atoms with E-state index in [1.54, 1.807) is 18.9 Å². The number of halogens is 1. The van der Waals surface area contributed by atoms with Crippen molar-refractivity contribution in [1.29, 1.82) is 0 Å². The number of carbonyl (C=O) groups is 1. The van der Waals surface area contributed by atoms with Crippen LogP contribution < -0.4 is 10.1 Å². The summed E-state index contributed by atoms with van der Waals surface area (Å²) in [6, 6.07) is 3.93. The molecule has 1 aliphatic rings. The number of thioether (sulfide) groups is 1. The molecule has 1 aromatic carbocycles. The Morgan fingerprint density at radius 3 is 2.81 bits per heavy atom. The van der Waals surface area contributed by atoms with Crippen molar-refractivity contribution < 1.29 is 9.53 Å². The number of fused-ring (bicyclic) bond motifs is 1. The lowest BCUT2D eigenvalue weighted by Crippen LogP contribution is -2.37. The molecule has 0 spiro atoms. The van der Waals surface area contributed by atoms with Gasteiger partial charge in [-0.3, -0.25) is 4.79 Å². The van der Waals surface area contributed by atoms with E-state index in [-0.39, 0.29) is 11.3 Å². The third-order valence-corrected chi connectivity index (χ3v) is 6.14. The Morgan fingerprint density at radius 2 is 2.19 bits per heavy atom. The van der Waals surface area contributed by atoms with Gasteiger partial charge >= 0.3 is 0 Å². The third kappa shape index (κ3) is 3.39. The number of methoxy groups -OCH3 is 1. The largest absolute Gasteiger partial charge is 0.496 e. The van der Waals surface area contributed by atoms with E-state index in [0.29, 0.717) is 0 Å². The Bertz CT molecular complexity index is 535. The van der Waals surface area contributed by atoms with E-state index in [1.165, 1.54) is 0 Å². The van der Waals surface area contributed by atoms with Crippen LogP contribution in [-0.4, -0.2) is 18.8 Å². The summed E-state index contributed by atoms with van der Waals surface area (Å²) >= 11 is 5.23. The lowest BCUT2D eigenvalue weighted by atomic mass is 9.81. The molecular weight excluding hydrogens is 350 g/mol.